The summed E-state index contributed by atoms with van der Waals surface area (Å²) in [5.41, 5.74) is 6.97. The summed E-state index contributed by atoms with van der Waals surface area (Å²) in [5.74, 6) is 0.775. The van der Waals surface area contributed by atoms with Crippen molar-refractivity contribution in [3.05, 3.63) is 16.7 Å². The third-order valence-corrected chi connectivity index (χ3v) is 3.74. The van der Waals surface area contributed by atoms with Crippen LogP contribution in [0.25, 0.3) is 0 Å². The number of methoxy groups -OCH3 is 1. The number of nitrogen functional groups attached to an aromatic ring is 1. The summed E-state index contributed by atoms with van der Waals surface area (Å²) in [6.45, 7) is 1.75. The van der Waals surface area contributed by atoms with E-state index < -0.39 is 0 Å². The molecule has 1 fully saturated rings. The van der Waals surface area contributed by atoms with Crippen molar-refractivity contribution in [3.8, 4) is 0 Å². The van der Waals surface area contributed by atoms with Crippen molar-refractivity contribution < 1.29 is 4.74 Å². The van der Waals surface area contributed by atoms with E-state index >= 15 is 0 Å². The Morgan fingerprint density at radius 2 is 2.35 bits per heavy atom. The summed E-state index contributed by atoms with van der Waals surface area (Å²) in [6.07, 6.45) is 5.39. The summed E-state index contributed by atoms with van der Waals surface area (Å²) in [6, 6.07) is 1.87. The topological polar surface area (TPSA) is 60.2 Å². The molecule has 0 spiro atoms. The Labute approximate surface area is 110 Å². The van der Waals surface area contributed by atoms with Crippen molar-refractivity contribution in [2.24, 2.45) is 5.41 Å². The number of ether oxygens (including phenoxy) is 1. The lowest BCUT2D eigenvalue weighted by Crippen LogP contribution is -2.18. The molecule has 0 unspecified atom stereocenters. The van der Waals surface area contributed by atoms with E-state index in [1.54, 1.807) is 13.3 Å². The minimum Gasteiger partial charge on any atom is -0.396 e. The summed E-state index contributed by atoms with van der Waals surface area (Å²) < 4.78 is 6.04. The molecule has 1 aliphatic carbocycles. The number of rotatable bonds is 6. The van der Waals surface area contributed by atoms with Crippen molar-refractivity contribution in [1.82, 2.24) is 4.98 Å². The van der Waals surface area contributed by atoms with Crippen molar-refractivity contribution in [2.75, 3.05) is 31.3 Å². The summed E-state index contributed by atoms with van der Waals surface area (Å²) in [4.78, 5) is 4.27. The van der Waals surface area contributed by atoms with E-state index in [9.17, 15) is 0 Å². The molecule has 0 amide bonds. The van der Waals surface area contributed by atoms with Gasteiger partial charge in [0.15, 0.2) is 0 Å². The Hall–Kier alpha value is -0.810. The van der Waals surface area contributed by atoms with Crippen LogP contribution in [0.1, 0.15) is 19.3 Å². The monoisotopic (exact) mass is 299 g/mol. The maximum absolute atomic E-state index is 5.89. The normalized spacial score (nSPS) is 16.8. The molecule has 94 valence electrons. The summed E-state index contributed by atoms with van der Waals surface area (Å²) in [7, 11) is 1.75. The first-order chi connectivity index (χ1) is 8.15. The van der Waals surface area contributed by atoms with Crippen LogP contribution in [0.15, 0.2) is 16.7 Å². The molecule has 1 aromatic rings. The third-order valence-electron chi connectivity index (χ3n) is 3.31. The number of nitrogens with one attached hydrogen (secondary N) is 1. The molecule has 0 aliphatic heterocycles. The highest BCUT2D eigenvalue weighted by Gasteiger charge is 2.41. The van der Waals surface area contributed by atoms with Gasteiger partial charge in [-0.2, -0.15) is 0 Å². The zero-order chi connectivity index (χ0) is 12.3. The lowest BCUT2D eigenvalue weighted by molar-refractivity contribution is 0.175. The second-order valence-corrected chi connectivity index (χ2v) is 5.60. The minimum atomic E-state index is 0.400. The molecule has 1 aliphatic rings. The largest absolute Gasteiger partial charge is 0.396 e. The smallest absolute Gasteiger partial charge is 0.149 e. The number of hydrogen-bond donors (Lipinski definition) is 2. The Morgan fingerprint density at radius 3 is 2.94 bits per heavy atom. The van der Waals surface area contributed by atoms with Gasteiger partial charge in [0.05, 0.1) is 5.69 Å². The molecule has 17 heavy (non-hydrogen) atoms. The number of hydrogen-bond acceptors (Lipinski definition) is 4. The van der Waals surface area contributed by atoms with Crippen LogP contribution in [0.5, 0.6) is 0 Å². The van der Waals surface area contributed by atoms with Crippen LogP contribution in [0.3, 0.4) is 0 Å². The first kappa shape index (κ1) is 12.6. The molecule has 3 N–H and O–H groups in total. The van der Waals surface area contributed by atoms with Gasteiger partial charge in [-0.3, -0.25) is 0 Å². The summed E-state index contributed by atoms with van der Waals surface area (Å²) >= 11 is 3.35. The van der Waals surface area contributed by atoms with E-state index in [0.717, 1.165) is 29.9 Å². The van der Waals surface area contributed by atoms with Gasteiger partial charge in [-0.05, 0) is 46.7 Å². The molecule has 0 saturated heterocycles. The number of halogens is 1. The average molecular weight is 300 g/mol. The zero-order valence-corrected chi connectivity index (χ0v) is 11.6. The first-order valence-electron chi connectivity index (χ1n) is 5.79. The molecule has 2 rings (SSSR count). The molecular formula is C12H18BrN3O. The lowest BCUT2D eigenvalue weighted by atomic mass is 10.0. The first-order valence-corrected chi connectivity index (χ1v) is 6.58. The van der Waals surface area contributed by atoms with Gasteiger partial charge in [-0.1, -0.05) is 0 Å². The second kappa shape index (κ2) is 5.23. The van der Waals surface area contributed by atoms with Crippen LogP contribution < -0.4 is 11.1 Å². The van der Waals surface area contributed by atoms with Crippen molar-refractivity contribution in [2.45, 2.75) is 19.3 Å². The average Bonchev–Trinajstić information content (AvgIpc) is 3.06. The molecule has 4 nitrogen and oxygen atoms in total. The van der Waals surface area contributed by atoms with E-state index in [1.165, 1.54) is 12.8 Å². The van der Waals surface area contributed by atoms with Crippen molar-refractivity contribution in [1.29, 1.82) is 0 Å². The van der Waals surface area contributed by atoms with Gasteiger partial charge in [0.2, 0.25) is 0 Å². The molecule has 0 radical (unpaired) electrons. The van der Waals surface area contributed by atoms with Crippen LogP contribution in [0.4, 0.5) is 11.5 Å². The van der Waals surface area contributed by atoms with Gasteiger partial charge in [0.1, 0.15) is 5.82 Å². The van der Waals surface area contributed by atoms with Crippen LogP contribution >= 0.6 is 15.9 Å². The van der Waals surface area contributed by atoms with Crippen LogP contribution in [-0.2, 0) is 4.74 Å². The Morgan fingerprint density at radius 1 is 1.59 bits per heavy atom. The maximum atomic E-state index is 5.89. The van der Waals surface area contributed by atoms with Crippen molar-refractivity contribution >= 4 is 27.4 Å². The highest BCUT2D eigenvalue weighted by Crippen LogP contribution is 2.48. The van der Waals surface area contributed by atoms with Crippen LogP contribution in [0.2, 0.25) is 0 Å². The number of aromatic nitrogens is 1. The van der Waals surface area contributed by atoms with E-state index in [-0.39, 0.29) is 0 Å². The zero-order valence-electron chi connectivity index (χ0n) is 10.0. The molecule has 1 heterocycles. The van der Waals surface area contributed by atoms with Gasteiger partial charge in [-0.25, -0.2) is 4.98 Å². The highest BCUT2D eigenvalue weighted by molar-refractivity contribution is 9.10. The molecule has 1 aromatic heterocycles. The fourth-order valence-electron chi connectivity index (χ4n) is 1.88. The molecule has 0 atom stereocenters. The SMILES string of the molecule is COCCC1(CNc2ncc(Br)cc2N)CC1. The molecule has 0 aromatic carbocycles. The molecule has 0 bridgehead atoms. The predicted octanol–water partition coefficient (Wildman–Crippen LogP) is 2.65. The molecule has 1 saturated carbocycles. The van der Waals surface area contributed by atoms with Gasteiger partial charge in [0.25, 0.3) is 0 Å². The second-order valence-electron chi connectivity index (χ2n) is 4.69. The maximum Gasteiger partial charge on any atom is 0.149 e. The third kappa shape index (κ3) is 3.33. The summed E-state index contributed by atoms with van der Waals surface area (Å²) in [5, 5.41) is 3.34. The van der Waals surface area contributed by atoms with Crippen LogP contribution in [-0.4, -0.2) is 25.2 Å². The van der Waals surface area contributed by atoms with Crippen LogP contribution in [0, 0.1) is 5.41 Å². The van der Waals surface area contributed by atoms with Gasteiger partial charge < -0.3 is 15.8 Å². The number of pyridine rings is 1. The fourth-order valence-corrected chi connectivity index (χ4v) is 2.23. The molecule has 5 heteroatoms. The Balaban J connectivity index is 1.89. The Kier molecular flexibility index (Phi) is 3.89. The number of nitrogens with zero attached hydrogens (tertiary/aromatic N) is 1. The van der Waals surface area contributed by atoms with Gasteiger partial charge >= 0.3 is 0 Å². The molecular weight excluding hydrogens is 282 g/mol. The minimum absolute atomic E-state index is 0.400. The van der Waals surface area contributed by atoms with Gasteiger partial charge in [-0.15, -0.1) is 0 Å². The Bertz CT molecular complexity index is 393. The van der Waals surface area contributed by atoms with E-state index in [1.807, 2.05) is 6.07 Å². The highest BCUT2D eigenvalue weighted by atomic mass is 79.9. The van der Waals surface area contributed by atoms with E-state index in [4.69, 9.17) is 10.5 Å². The van der Waals surface area contributed by atoms with E-state index in [2.05, 4.69) is 26.2 Å². The predicted molar refractivity (Wildman–Crippen MR) is 73.0 cm³/mol. The number of anilines is 2. The fraction of sp³-hybridized carbons (Fsp3) is 0.583. The quantitative estimate of drug-likeness (QED) is 0.848. The van der Waals surface area contributed by atoms with Gasteiger partial charge in [0, 0.05) is 30.9 Å². The van der Waals surface area contributed by atoms with E-state index in [0.29, 0.717) is 11.1 Å². The standard InChI is InChI=1S/C12H18BrN3O/c1-17-5-4-12(2-3-12)8-16-11-10(14)6-9(13)7-15-11/h6-7H,2-5,8,14H2,1H3,(H,15,16). The lowest BCUT2D eigenvalue weighted by Gasteiger charge is -2.16. The van der Waals surface area contributed by atoms with Crippen molar-refractivity contribution in [3.63, 3.8) is 0 Å². The number of nitrogens with two attached hydrogens (primary N) is 1.